The molecule has 1 N–H and O–H groups in total. The molecule has 5 nitrogen and oxygen atoms in total. The number of rotatable bonds is 9. The molecule has 1 fully saturated rings. The number of carbonyl (C=O) groups is 2. The zero-order valence-electron chi connectivity index (χ0n) is 17.6. The number of hydrogen-bond donors (Lipinski definition) is 1. The molecule has 2 unspecified atom stereocenters. The lowest BCUT2D eigenvalue weighted by molar-refractivity contribution is -0.155. The van der Waals surface area contributed by atoms with Gasteiger partial charge in [-0.3, -0.25) is 4.79 Å². The minimum Gasteiger partial charge on any atom is -0.465 e. The molecule has 0 spiro atoms. The Kier molecular flexibility index (Phi) is 9.09. The van der Waals surface area contributed by atoms with Crippen molar-refractivity contribution in [1.82, 2.24) is 0 Å². The molecule has 1 aromatic rings. The largest absolute Gasteiger partial charge is 0.465 e. The van der Waals surface area contributed by atoms with Crippen LogP contribution in [0.15, 0.2) is 60.4 Å². The molecular formula is C24H29BrO5. The minimum atomic E-state index is -1.81. The van der Waals surface area contributed by atoms with Gasteiger partial charge < -0.3 is 14.6 Å². The van der Waals surface area contributed by atoms with Gasteiger partial charge in [0.25, 0.3) is 4.51 Å². The van der Waals surface area contributed by atoms with Crippen molar-refractivity contribution in [2.75, 3.05) is 7.11 Å². The van der Waals surface area contributed by atoms with Crippen molar-refractivity contribution in [2.24, 2.45) is 17.8 Å². The molecule has 0 radical (unpaired) electrons. The Morgan fingerprint density at radius 1 is 1.40 bits per heavy atom. The molecule has 5 atom stereocenters. The molecule has 1 aromatic carbocycles. The van der Waals surface area contributed by atoms with Crippen LogP contribution in [0.5, 0.6) is 5.75 Å². The van der Waals surface area contributed by atoms with E-state index in [-0.39, 0.29) is 17.6 Å². The van der Waals surface area contributed by atoms with Crippen LogP contribution < -0.4 is 4.74 Å². The number of aliphatic hydroxyl groups is 1. The Bertz CT molecular complexity index is 812. The summed E-state index contributed by atoms with van der Waals surface area (Å²) in [7, 11) is 1.22. The highest BCUT2D eigenvalue weighted by atomic mass is 79.9. The smallest absolute Gasteiger partial charge is 0.364 e. The summed E-state index contributed by atoms with van der Waals surface area (Å²) in [6.45, 7) is 4.17. The predicted octanol–water partition coefficient (Wildman–Crippen LogP) is 4.60. The summed E-state index contributed by atoms with van der Waals surface area (Å²) < 4.78 is 8.66. The maximum Gasteiger partial charge on any atom is 0.364 e. The number of allylic oxidation sites excluding steroid dienone is 2. The van der Waals surface area contributed by atoms with Gasteiger partial charge in [-0.2, -0.15) is 0 Å². The summed E-state index contributed by atoms with van der Waals surface area (Å²) in [5.74, 6) is 0.322. The van der Waals surface area contributed by atoms with Gasteiger partial charge in [0.2, 0.25) is 0 Å². The molecule has 0 amide bonds. The van der Waals surface area contributed by atoms with E-state index < -0.39 is 16.6 Å². The third kappa shape index (κ3) is 5.94. The Balaban J connectivity index is 2.13. The standard InChI is InChI=1S/C24H29BrO5/c1-4-5-13-19-17(2)16-21(26)20(19)14-9-10-15-22(27)24(25,23(28)29-3)30-18-11-7-6-8-12-18/h5-9,11-13,15,17,19-20,22,27H,4,14,16H2,1-3H3/b13-5+/t10?,17-,19+,20-,22?,24?/m1/s1/i27+0. The number of hydrogen-bond acceptors (Lipinski definition) is 5. The third-order valence-electron chi connectivity index (χ3n) is 5.25. The number of ether oxygens (including phenoxy) is 2. The Morgan fingerprint density at radius 3 is 2.73 bits per heavy atom. The maximum absolute atomic E-state index is 12.3. The van der Waals surface area contributed by atoms with Gasteiger partial charge in [0.1, 0.15) is 17.6 Å². The zero-order valence-corrected chi connectivity index (χ0v) is 19.2. The fraction of sp³-hybridized carbons (Fsp3) is 0.458. The molecule has 162 valence electrons. The van der Waals surface area contributed by atoms with E-state index in [1.54, 1.807) is 30.3 Å². The SMILES string of the molecule is CC/C=C/[C@H]1[C@H](C)CC(=O)[C@@H]1CC=C=CC([16OH])C(Br)(Oc1ccccc1)C(=O)OC. The molecule has 0 aromatic heterocycles. The van der Waals surface area contributed by atoms with E-state index in [2.05, 4.69) is 47.7 Å². The summed E-state index contributed by atoms with van der Waals surface area (Å²) in [6.07, 6.45) is 7.98. The van der Waals surface area contributed by atoms with Crippen LogP contribution in [0.1, 0.15) is 33.1 Å². The Labute approximate surface area is 186 Å². The normalized spacial score (nSPS) is 24.0. The summed E-state index contributed by atoms with van der Waals surface area (Å²) in [5, 5.41) is 10.6. The van der Waals surface area contributed by atoms with Crippen molar-refractivity contribution in [2.45, 2.75) is 43.7 Å². The number of Topliss-reactive ketones (excluding diaryl/α,β-unsaturated/α-hetero) is 1. The average Bonchev–Trinajstić information content (AvgIpc) is 3.01. The van der Waals surface area contributed by atoms with Crippen molar-refractivity contribution < 1.29 is 24.2 Å². The summed E-state index contributed by atoms with van der Waals surface area (Å²) in [4.78, 5) is 24.6. The predicted molar refractivity (Wildman–Crippen MR) is 119 cm³/mol. The van der Waals surface area contributed by atoms with Gasteiger partial charge >= 0.3 is 5.97 Å². The first-order valence-corrected chi connectivity index (χ1v) is 10.9. The number of carbonyl (C=O) groups excluding carboxylic acids is 2. The van der Waals surface area contributed by atoms with Crippen LogP contribution in [0.2, 0.25) is 0 Å². The van der Waals surface area contributed by atoms with Gasteiger partial charge in [0.05, 0.1) is 7.11 Å². The van der Waals surface area contributed by atoms with Gasteiger partial charge in [-0.05, 0) is 64.9 Å². The van der Waals surface area contributed by atoms with E-state index in [1.165, 1.54) is 13.2 Å². The minimum absolute atomic E-state index is 0.0873. The molecule has 1 aliphatic rings. The lowest BCUT2D eigenvalue weighted by atomic mass is 9.87. The number of para-hydroxylation sites is 1. The first kappa shape index (κ1) is 24.1. The fourth-order valence-corrected chi connectivity index (χ4v) is 4.09. The van der Waals surface area contributed by atoms with Crippen molar-refractivity contribution in [1.29, 1.82) is 0 Å². The van der Waals surface area contributed by atoms with Gasteiger partial charge in [0, 0.05) is 12.3 Å². The first-order valence-electron chi connectivity index (χ1n) is 10.1. The first-order chi connectivity index (χ1) is 14.3. The van der Waals surface area contributed by atoms with Crippen LogP contribution in [0, 0.1) is 17.8 Å². The maximum atomic E-state index is 12.3. The highest BCUT2D eigenvalue weighted by Gasteiger charge is 2.46. The number of methoxy groups -OCH3 is 1. The van der Waals surface area contributed by atoms with Crippen molar-refractivity contribution >= 4 is 27.7 Å². The molecule has 1 saturated carbocycles. The second-order valence-electron chi connectivity index (χ2n) is 7.44. The Morgan fingerprint density at radius 2 is 2.10 bits per heavy atom. The van der Waals surface area contributed by atoms with Gasteiger partial charge in [0.15, 0.2) is 0 Å². The topological polar surface area (TPSA) is 72.8 Å². The fourth-order valence-electron chi connectivity index (χ4n) is 3.61. The second-order valence-corrected chi connectivity index (χ2v) is 8.62. The number of aliphatic hydroxyl groups excluding tert-OH is 1. The molecule has 0 bridgehead atoms. The molecule has 1 aliphatic carbocycles. The van der Waals surface area contributed by atoms with Crippen LogP contribution in [0.4, 0.5) is 0 Å². The zero-order chi connectivity index (χ0) is 22.1. The lowest BCUT2D eigenvalue weighted by Gasteiger charge is -2.28. The van der Waals surface area contributed by atoms with Crippen LogP contribution in [-0.2, 0) is 14.3 Å². The number of alkyl halides is 1. The van der Waals surface area contributed by atoms with Crippen molar-refractivity contribution in [3.8, 4) is 5.75 Å². The van der Waals surface area contributed by atoms with Crippen molar-refractivity contribution in [3.63, 3.8) is 0 Å². The molecule has 0 aliphatic heterocycles. The van der Waals surface area contributed by atoms with Crippen molar-refractivity contribution in [3.05, 3.63) is 60.4 Å². The van der Waals surface area contributed by atoms with E-state index >= 15 is 0 Å². The van der Waals surface area contributed by atoms with E-state index in [9.17, 15) is 14.7 Å². The number of benzene rings is 1. The average molecular weight is 477 g/mol. The number of ketones is 1. The number of esters is 1. The lowest BCUT2D eigenvalue weighted by Crippen LogP contribution is -2.48. The molecule has 0 heterocycles. The van der Waals surface area contributed by atoms with Crippen LogP contribution in [0.3, 0.4) is 0 Å². The third-order valence-corrected chi connectivity index (χ3v) is 6.20. The monoisotopic (exact) mass is 476 g/mol. The molecule has 30 heavy (non-hydrogen) atoms. The summed E-state index contributed by atoms with van der Waals surface area (Å²) in [5.41, 5.74) is 2.90. The van der Waals surface area contributed by atoms with Gasteiger partial charge in [-0.25, -0.2) is 4.79 Å². The quantitative estimate of drug-likeness (QED) is 0.244. The van der Waals surface area contributed by atoms with Crippen LogP contribution >= 0.6 is 15.9 Å². The van der Waals surface area contributed by atoms with Crippen LogP contribution in [-0.4, -0.2) is 34.6 Å². The molecule has 0 saturated heterocycles. The van der Waals surface area contributed by atoms with Crippen LogP contribution in [0.25, 0.3) is 0 Å². The highest BCUT2D eigenvalue weighted by molar-refractivity contribution is 9.10. The second kappa shape index (κ2) is 11.3. The summed E-state index contributed by atoms with van der Waals surface area (Å²) in [6, 6.07) is 8.66. The Hall–Kier alpha value is -2.14. The van der Waals surface area contributed by atoms with E-state index in [0.717, 1.165) is 6.42 Å². The number of halogens is 1. The van der Waals surface area contributed by atoms with E-state index in [4.69, 9.17) is 9.47 Å². The van der Waals surface area contributed by atoms with Gasteiger partial charge in [-0.1, -0.05) is 44.2 Å². The summed E-state index contributed by atoms with van der Waals surface area (Å²) >= 11 is 3.19. The van der Waals surface area contributed by atoms with E-state index in [1.807, 2.05) is 6.07 Å². The molecule has 6 heteroatoms. The highest BCUT2D eigenvalue weighted by Crippen LogP contribution is 2.37. The van der Waals surface area contributed by atoms with Gasteiger partial charge in [-0.15, -0.1) is 5.73 Å². The molecule has 2 rings (SSSR count). The van der Waals surface area contributed by atoms with E-state index in [0.29, 0.717) is 24.5 Å². The molecular weight excluding hydrogens is 448 g/mol.